The number of fused-ring (bicyclic) bond motifs is 1. The molecule has 0 bridgehead atoms. The first-order chi connectivity index (χ1) is 8.38. The van der Waals surface area contributed by atoms with E-state index >= 15 is 0 Å². The van der Waals surface area contributed by atoms with E-state index in [4.69, 9.17) is 5.11 Å². The third-order valence-corrected chi connectivity index (χ3v) is 2.72. The first-order valence-corrected chi connectivity index (χ1v) is 5.48. The van der Waals surface area contributed by atoms with Gasteiger partial charge in [0.2, 0.25) is 0 Å². The van der Waals surface area contributed by atoms with Crippen LogP contribution in [0.5, 0.6) is 0 Å². The first-order valence-electron chi connectivity index (χ1n) is 5.48. The molecule has 0 saturated heterocycles. The van der Waals surface area contributed by atoms with Gasteiger partial charge >= 0.3 is 6.18 Å². The Morgan fingerprint density at radius 1 is 1.28 bits per heavy atom. The minimum atomic E-state index is -4.60. The average Bonchev–Trinajstić information content (AvgIpc) is 2.27. The van der Waals surface area contributed by atoms with Crippen molar-refractivity contribution in [1.29, 1.82) is 0 Å². The Morgan fingerprint density at radius 3 is 2.61 bits per heavy atom. The predicted octanol–water partition coefficient (Wildman–Crippen LogP) is 3.01. The van der Waals surface area contributed by atoms with E-state index in [-0.39, 0.29) is 0 Å². The fourth-order valence-electron chi connectivity index (χ4n) is 1.89. The number of aliphatic hydroxyl groups excluding tert-OH is 1. The second kappa shape index (κ2) is 4.57. The van der Waals surface area contributed by atoms with Gasteiger partial charge in [0.1, 0.15) is 0 Å². The van der Waals surface area contributed by atoms with Crippen LogP contribution in [0.3, 0.4) is 0 Å². The molecule has 1 atom stereocenters. The number of rotatable bonds is 2. The third kappa shape index (κ3) is 2.61. The number of nitrogens with zero attached hydrogens (tertiary/aromatic N) is 1. The number of aryl methyl sites for hydroxylation is 1. The van der Waals surface area contributed by atoms with Crippen LogP contribution in [0.15, 0.2) is 30.3 Å². The van der Waals surface area contributed by atoms with Crippen molar-refractivity contribution in [3.8, 4) is 0 Å². The van der Waals surface area contributed by atoms with Crippen LogP contribution >= 0.6 is 0 Å². The normalized spacial score (nSPS) is 13.8. The molecule has 1 aromatic heterocycles. The summed E-state index contributed by atoms with van der Waals surface area (Å²) in [6.07, 6.45) is -7.39. The third-order valence-electron chi connectivity index (χ3n) is 2.72. The number of hydrogen-bond acceptors (Lipinski definition) is 2. The lowest BCUT2D eigenvalue weighted by molar-refractivity contribution is -0.202. The Kier molecular flexibility index (Phi) is 3.26. The lowest BCUT2D eigenvalue weighted by atomic mass is 10.0. The molecule has 1 heterocycles. The van der Waals surface area contributed by atoms with Crippen LogP contribution in [0.4, 0.5) is 13.2 Å². The van der Waals surface area contributed by atoms with Gasteiger partial charge in [-0.3, -0.25) is 4.98 Å². The van der Waals surface area contributed by atoms with E-state index in [0.717, 1.165) is 0 Å². The molecule has 2 aromatic rings. The molecule has 0 radical (unpaired) electrons. The highest BCUT2D eigenvalue weighted by molar-refractivity contribution is 5.82. The molecule has 0 aliphatic heterocycles. The van der Waals surface area contributed by atoms with Crippen molar-refractivity contribution in [1.82, 2.24) is 4.98 Å². The van der Waals surface area contributed by atoms with Crippen LogP contribution in [-0.2, 0) is 6.42 Å². The molecule has 0 spiro atoms. The molecule has 1 aromatic carbocycles. The highest BCUT2D eigenvalue weighted by Crippen LogP contribution is 2.26. The number of hydrogen-bond donors (Lipinski definition) is 1. The Morgan fingerprint density at radius 2 is 1.94 bits per heavy atom. The van der Waals surface area contributed by atoms with E-state index in [2.05, 4.69) is 4.98 Å². The summed E-state index contributed by atoms with van der Waals surface area (Å²) < 4.78 is 37.1. The summed E-state index contributed by atoms with van der Waals surface area (Å²) in [5, 5.41) is 9.79. The van der Waals surface area contributed by atoms with Gasteiger partial charge in [0, 0.05) is 17.5 Å². The summed E-state index contributed by atoms with van der Waals surface area (Å²) in [6, 6.07) is 8.55. The van der Waals surface area contributed by atoms with Crippen LogP contribution in [0.1, 0.15) is 11.3 Å². The number of aliphatic hydroxyl groups is 1. The van der Waals surface area contributed by atoms with Crippen molar-refractivity contribution >= 4 is 10.9 Å². The average molecular weight is 255 g/mol. The summed E-state index contributed by atoms with van der Waals surface area (Å²) in [4.78, 5) is 4.24. The van der Waals surface area contributed by atoms with Crippen LogP contribution in [0.2, 0.25) is 0 Å². The zero-order chi connectivity index (χ0) is 13.3. The highest BCUT2D eigenvalue weighted by Gasteiger charge is 2.38. The zero-order valence-electron chi connectivity index (χ0n) is 9.70. The van der Waals surface area contributed by atoms with Crippen LogP contribution < -0.4 is 0 Å². The monoisotopic (exact) mass is 255 g/mol. The minimum Gasteiger partial charge on any atom is -0.383 e. The molecule has 96 valence electrons. The Bertz CT molecular complexity index is 566. The van der Waals surface area contributed by atoms with Gasteiger partial charge in [-0.2, -0.15) is 13.2 Å². The highest BCUT2D eigenvalue weighted by atomic mass is 19.4. The Balaban J connectivity index is 2.44. The quantitative estimate of drug-likeness (QED) is 0.894. The molecule has 0 fully saturated rings. The maximum atomic E-state index is 12.4. The molecule has 0 amide bonds. The summed E-state index contributed by atoms with van der Waals surface area (Å²) >= 11 is 0. The number of pyridine rings is 1. The summed E-state index contributed by atoms with van der Waals surface area (Å²) in [5.41, 5.74) is 1.74. The topological polar surface area (TPSA) is 33.1 Å². The molecule has 18 heavy (non-hydrogen) atoms. The number of alkyl halides is 3. The van der Waals surface area contributed by atoms with Gasteiger partial charge in [-0.1, -0.05) is 18.2 Å². The van der Waals surface area contributed by atoms with Gasteiger partial charge in [-0.15, -0.1) is 0 Å². The van der Waals surface area contributed by atoms with E-state index in [1.165, 1.54) is 0 Å². The fraction of sp³-hybridized carbons (Fsp3) is 0.308. The smallest absolute Gasteiger partial charge is 0.383 e. The summed E-state index contributed by atoms with van der Waals surface area (Å²) in [7, 11) is 0. The van der Waals surface area contributed by atoms with Crippen molar-refractivity contribution in [2.75, 3.05) is 0 Å². The van der Waals surface area contributed by atoms with Gasteiger partial charge < -0.3 is 5.11 Å². The minimum absolute atomic E-state index is 0.451. The van der Waals surface area contributed by atoms with E-state index in [9.17, 15) is 13.2 Å². The Hall–Kier alpha value is -1.62. The molecule has 0 saturated carbocycles. The van der Waals surface area contributed by atoms with Crippen molar-refractivity contribution < 1.29 is 18.3 Å². The molecule has 1 N–H and O–H groups in total. The number of para-hydroxylation sites is 1. The molecule has 0 aliphatic carbocycles. The van der Waals surface area contributed by atoms with Crippen LogP contribution in [0, 0.1) is 6.92 Å². The second-order valence-electron chi connectivity index (χ2n) is 4.20. The SMILES string of the molecule is Cc1cc(CC(O)C(F)(F)F)c2ccccc2n1. The molecule has 1 unspecified atom stereocenters. The van der Waals surface area contributed by atoms with E-state index in [1.54, 1.807) is 37.3 Å². The second-order valence-corrected chi connectivity index (χ2v) is 4.20. The largest absolute Gasteiger partial charge is 0.414 e. The fourth-order valence-corrected chi connectivity index (χ4v) is 1.89. The van der Waals surface area contributed by atoms with Gasteiger partial charge in [0.25, 0.3) is 0 Å². The van der Waals surface area contributed by atoms with E-state index in [0.29, 0.717) is 22.2 Å². The van der Waals surface area contributed by atoms with Crippen LogP contribution in [-0.4, -0.2) is 22.4 Å². The molecular weight excluding hydrogens is 243 g/mol. The standard InChI is InChI=1S/C13H12F3NO/c1-8-6-9(7-12(18)13(14,15)16)10-4-2-3-5-11(10)17-8/h2-6,12,18H,7H2,1H3. The van der Waals surface area contributed by atoms with Crippen molar-refractivity contribution in [3.63, 3.8) is 0 Å². The number of benzene rings is 1. The van der Waals surface area contributed by atoms with Gasteiger partial charge in [0.15, 0.2) is 6.10 Å². The van der Waals surface area contributed by atoms with Gasteiger partial charge in [-0.25, -0.2) is 0 Å². The van der Waals surface area contributed by atoms with Gasteiger partial charge in [0.05, 0.1) is 5.52 Å². The van der Waals surface area contributed by atoms with Gasteiger partial charge in [-0.05, 0) is 24.6 Å². The maximum Gasteiger partial charge on any atom is 0.414 e. The first kappa shape index (κ1) is 12.8. The summed E-state index contributed by atoms with van der Waals surface area (Å²) in [5.74, 6) is 0. The molecular formula is C13H12F3NO. The predicted molar refractivity (Wildman–Crippen MR) is 62.2 cm³/mol. The number of halogens is 3. The summed E-state index contributed by atoms with van der Waals surface area (Å²) in [6.45, 7) is 1.72. The zero-order valence-corrected chi connectivity index (χ0v) is 9.70. The van der Waals surface area contributed by atoms with Crippen LogP contribution in [0.25, 0.3) is 10.9 Å². The number of aromatic nitrogens is 1. The lowest BCUT2D eigenvalue weighted by Gasteiger charge is -2.16. The molecule has 5 heteroatoms. The maximum absolute atomic E-state index is 12.4. The Labute approximate surface area is 102 Å². The molecule has 0 aliphatic rings. The molecule has 2 rings (SSSR count). The lowest BCUT2D eigenvalue weighted by Crippen LogP contribution is -2.30. The van der Waals surface area contributed by atoms with Crippen molar-refractivity contribution in [2.24, 2.45) is 0 Å². The van der Waals surface area contributed by atoms with Crippen molar-refractivity contribution in [3.05, 3.63) is 41.6 Å². The van der Waals surface area contributed by atoms with E-state index < -0.39 is 18.7 Å². The van der Waals surface area contributed by atoms with Crippen molar-refractivity contribution in [2.45, 2.75) is 25.6 Å². The molecule has 2 nitrogen and oxygen atoms in total. The van der Waals surface area contributed by atoms with E-state index in [1.807, 2.05) is 0 Å².